The molecule has 0 amide bonds. The van der Waals surface area contributed by atoms with E-state index in [9.17, 15) is 13.2 Å². The van der Waals surface area contributed by atoms with Crippen LogP contribution in [0, 0.1) is 0 Å². The zero-order valence-electron chi connectivity index (χ0n) is 15.0. The van der Waals surface area contributed by atoms with Gasteiger partial charge in [0.1, 0.15) is 11.6 Å². The van der Waals surface area contributed by atoms with Crippen molar-refractivity contribution in [1.29, 1.82) is 0 Å². The van der Waals surface area contributed by atoms with E-state index in [0.717, 1.165) is 11.3 Å². The molecule has 7 nitrogen and oxygen atoms in total. The summed E-state index contributed by atoms with van der Waals surface area (Å²) in [5.41, 5.74) is 0.987. The maximum absolute atomic E-state index is 13.0. The Morgan fingerprint density at radius 1 is 1.15 bits per heavy atom. The van der Waals surface area contributed by atoms with E-state index >= 15 is 0 Å². The maximum atomic E-state index is 13.0. The Morgan fingerprint density at radius 2 is 1.89 bits per heavy atom. The molecule has 1 unspecified atom stereocenters. The van der Waals surface area contributed by atoms with Crippen LogP contribution < -0.4 is 10.1 Å². The molecule has 0 aliphatic carbocycles. The number of hydrogen-bond acceptors (Lipinski definition) is 6. The van der Waals surface area contributed by atoms with Crippen LogP contribution in [0.25, 0.3) is 5.65 Å². The third kappa shape index (κ3) is 3.95. The van der Waals surface area contributed by atoms with Crippen LogP contribution in [0.5, 0.6) is 5.75 Å². The average Bonchev–Trinajstić information content (AvgIpc) is 3.05. The van der Waals surface area contributed by atoms with E-state index in [1.165, 1.54) is 6.07 Å². The summed E-state index contributed by atoms with van der Waals surface area (Å²) < 4.78 is 45.1. The molecule has 1 aromatic carbocycles. The summed E-state index contributed by atoms with van der Waals surface area (Å²) in [4.78, 5) is 1.99. The molecule has 2 aromatic heterocycles. The molecule has 0 bridgehead atoms. The van der Waals surface area contributed by atoms with E-state index in [1.54, 1.807) is 13.2 Å². The molecule has 0 radical (unpaired) electrons. The predicted molar refractivity (Wildman–Crippen MR) is 93.7 cm³/mol. The Hall–Kier alpha value is -2.88. The van der Waals surface area contributed by atoms with Gasteiger partial charge in [-0.1, -0.05) is 18.2 Å². The minimum absolute atomic E-state index is 0.0294. The Kier molecular flexibility index (Phi) is 5.17. The van der Waals surface area contributed by atoms with E-state index in [1.807, 2.05) is 43.3 Å². The monoisotopic (exact) mass is 380 g/mol. The van der Waals surface area contributed by atoms with Gasteiger partial charge in [-0.25, -0.2) is 0 Å². The molecule has 10 heteroatoms. The number of nitrogens with one attached hydrogen (secondary N) is 1. The number of benzene rings is 1. The molecule has 0 spiro atoms. The van der Waals surface area contributed by atoms with Gasteiger partial charge in [-0.3, -0.25) is 0 Å². The van der Waals surface area contributed by atoms with E-state index < -0.39 is 12.0 Å². The SMILES string of the molecule is COc1ccccc1C(CNc1ccc2nnc(C(F)(F)F)n2n1)N(C)C. The number of para-hydroxylation sites is 1. The zero-order valence-corrected chi connectivity index (χ0v) is 15.0. The number of aromatic nitrogens is 4. The lowest BCUT2D eigenvalue weighted by atomic mass is 10.0. The lowest BCUT2D eigenvalue weighted by Crippen LogP contribution is -2.27. The highest BCUT2D eigenvalue weighted by Gasteiger charge is 2.37. The number of hydrogen-bond donors (Lipinski definition) is 1. The fraction of sp³-hybridized carbons (Fsp3) is 0.353. The van der Waals surface area contributed by atoms with Crippen molar-refractivity contribution in [1.82, 2.24) is 24.7 Å². The lowest BCUT2D eigenvalue weighted by molar-refractivity contribution is -0.146. The van der Waals surface area contributed by atoms with E-state index in [-0.39, 0.29) is 17.5 Å². The molecule has 0 saturated carbocycles. The van der Waals surface area contributed by atoms with Crippen molar-refractivity contribution in [2.24, 2.45) is 0 Å². The molecule has 0 saturated heterocycles. The van der Waals surface area contributed by atoms with E-state index in [2.05, 4.69) is 20.6 Å². The van der Waals surface area contributed by atoms with Gasteiger partial charge >= 0.3 is 6.18 Å². The van der Waals surface area contributed by atoms with Crippen molar-refractivity contribution in [2.75, 3.05) is 33.1 Å². The summed E-state index contributed by atoms with van der Waals surface area (Å²) in [6, 6.07) is 10.5. The normalized spacial score (nSPS) is 13.1. The van der Waals surface area contributed by atoms with Gasteiger partial charge < -0.3 is 15.0 Å². The third-order valence-corrected chi connectivity index (χ3v) is 4.11. The number of likely N-dealkylation sites (N-methyl/N-ethyl adjacent to an activating group) is 1. The number of rotatable bonds is 6. The summed E-state index contributed by atoms with van der Waals surface area (Å²) in [6.45, 7) is 0.412. The van der Waals surface area contributed by atoms with Crippen LogP contribution in [0.4, 0.5) is 19.0 Å². The first-order chi connectivity index (χ1) is 12.8. The molecule has 0 fully saturated rings. The zero-order chi connectivity index (χ0) is 19.6. The second-order valence-electron chi connectivity index (χ2n) is 6.11. The lowest BCUT2D eigenvalue weighted by Gasteiger charge is -2.26. The van der Waals surface area contributed by atoms with Crippen molar-refractivity contribution in [2.45, 2.75) is 12.2 Å². The van der Waals surface area contributed by atoms with Gasteiger partial charge in [0.05, 0.1) is 13.2 Å². The fourth-order valence-electron chi connectivity index (χ4n) is 2.77. The molecular formula is C17H19F3N6O. The predicted octanol–water partition coefficient (Wildman–Crippen LogP) is 2.87. The van der Waals surface area contributed by atoms with Gasteiger partial charge in [-0.2, -0.15) is 17.7 Å². The number of fused-ring (bicyclic) bond motifs is 1. The van der Waals surface area contributed by atoms with E-state index in [0.29, 0.717) is 11.1 Å². The quantitative estimate of drug-likeness (QED) is 0.709. The van der Waals surface area contributed by atoms with Crippen LogP contribution in [0.2, 0.25) is 0 Å². The van der Waals surface area contributed by atoms with Gasteiger partial charge in [0.2, 0.25) is 0 Å². The highest BCUT2D eigenvalue weighted by Crippen LogP contribution is 2.29. The number of alkyl halides is 3. The van der Waals surface area contributed by atoms with Crippen LogP contribution in [0.3, 0.4) is 0 Å². The van der Waals surface area contributed by atoms with Crippen LogP contribution in [0.1, 0.15) is 17.4 Å². The molecule has 144 valence electrons. The summed E-state index contributed by atoms with van der Waals surface area (Å²) in [5.74, 6) is -0.135. The van der Waals surface area contributed by atoms with Crippen LogP contribution >= 0.6 is 0 Å². The molecule has 3 aromatic rings. The molecule has 0 aliphatic rings. The molecule has 0 aliphatic heterocycles. The molecule has 1 atom stereocenters. The fourth-order valence-corrected chi connectivity index (χ4v) is 2.77. The van der Waals surface area contributed by atoms with Crippen molar-refractivity contribution in [3.63, 3.8) is 0 Å². The highest BCUT2D eigenvalue weighted by atomic mass is 19.4. The first-order valence-corrected chi connectivity index (χ1v) is 8.14. The van der Waals surface area contributed by atoms with Gasteiger partial charge in [-0.15, -0.1) is 15.3 Å². The van der Waals surface area contributed by atoms with Crippen LogP contribution in [-0.2, 0) is 6.18 Å². The minimum Gasteiger partial charge on any atom is -0.496 e. The van der Waals surface area contributed by atoms with Gasteiger partial charge in [0.25, 0.3) is 5.82 Å². The Morgan fingerprint density at radius 3 is 2.56 bits per heavy atom. The summed E-state index contributed by atoms with van der Waals surface area (Å²) in [7, 11) is 5.42. The Bertz CT molecular complexity index is 924. The molecular weight excluding hydrogens is 361 g/mol. The van der Waals surface area contributed by atoms with Gasteiger partial charge in [-0.05, 0) is 32.3 Å². The summed E-state index contributed by atoms with van der Waals surface area (Å²) in [5, 5.41) is 13.7. The average molecular weight is 380 g/mol. The molecule has 1 N–H and O–H groups in total. The first kappa shape index (κ1) is 18.9. The van der Waals surface area contributed by atoms with Crippen molar-refractivity contribution >= 4 is 11.5 Å². The number of halogens is 3. The number of methoxy groups -OCH3 is 1. The van der Waals surface area contributed by atoms with Crippen molar-refractivity contribution in [3.05, 3.63) is 47.8 Å². The van der Waals surface area contributed by atoms with Crippen LogP contribution in [0.15, 0.2) is 36.4 Å². The maximum Gasteiger partial charge on any atom is 0.453 e. The molecule has 2 heterocycles. The highest BCUT2D eigenvalue weighted by molar-refractivity contribution is 5.45. The minimum atomic E-state index is -4.63. The standard InChI is InChI=1S/C17H19F3N6O/c1-25(2)12(11-6-4-5-7-13(11)27-3)10-21-14-8-9-15-22-23-16(17(18,19)20)26(15)24-14/h4-9,12H,10H2,1-3H3,(H,21,24). The largest absolute Gasteiger partial charge is 0.496 e. The van der Waals surface area contributed by atoms with Crippen molar-refractivity contribution in [3.8, 4) is 5.75 Å². The Balaban J connectivity index is 1.86. The second kappa shape index (κ2) is 7.39. The number of nitrogens with zero attached hydrogens (tertiary/aromatic N) is 5. The second-order valence-corrected chi connectivity index (χ2v) is 6.11. The van der Waals surface area contributed by atoms with Gasteiger partial charge in [0.15, 0.2) is 5.65 Å². The molecule has 3 rings (SSSR count). The summed E-state index contributed by atoms with van der Waals surface area (Å²) >= 11 is 0. The van der Waals surface area contributed by atoms with Gasteiger partial charge in [0, 0.05) is 12.1 Å². The third-order valence-electron chi connectivity index (χ3n) is 4.11. The Labute approximate surface area is 153 Å². The first-order valence-electron chi connectivity index (χ1n) is 8.14. The van der Waals surface area contributed by atoms with E-state index in [4.69, 9.17) is 4.74 Å². The smallest absolute Gasteiger partial charge is 0.453 e. The van der Waals surface area contributed by atoms with Crippen molar-refractivity contribution < 1.29 is 17.9 Å². The topological polar surface area (TPSA) is 67.6 Å². The number of anilines is 1. The number of ether oxygens (including phenoxy) is 1. The molecule has 27 heavy (non-hydrogen) atoms. The summed E-state index contributed by atoms with van der Waals surface area (Å²) in [6.07, 6.45) is -4.63. The van der Waals surface area contributed by atoms with Crippen LogP contribution in [-0.4, -0.2) is 52.5 Å².